The minimum atomic E-state index is -3.56. The fourth-order valence-electron chi connectivity index (χ4n) is 2.10. The smallest absolute Gasteiger partial charge is 0.240 e. The first-order valence-corrected chi connectivity index (χ1v) is 9.17. The molecule has 0 spiro atoms. The maximum Gasteiger partial charge on any atom is 0.240 e. The first kappa shape index (κ1) is 15.8. The second-order valence-corrected chi connectivity index (χ2v) is 7.78. The molecule has 4 nitrogen and oxygen atoms in total. The highest BCUT2D eigenvalue weighted by molar-refractivity contribution is 7.99. The van der Waals surface area contributed by atoms with E-state index in [1.165, 1.54) is 18.2 Å². The predicted octanol–water partition coefficient (Wildman–Crippen LogP) is 1.58. The van der Waals surface area contributed by atoms with Crippen LogP contribution >= 0.6 is 11.8 Å². The van der Waals surface area contributed by atoms with Crippen LogP contribution < -0.4 is 10.0 Å². The van der Waals surface area contributed by atoms with Gasteiger partial charge in [-0.3, -0.25) is 0 Å². The van der Waals surface area contributed by atoms with Crippen molar-refractivity contribution in [2.75, 3.05) is 25.1 Å². The quantitative estimate of drug-likeness (QED) is 0.836. The summed E-state index contributed by atoms with van der Waals surface area (Å²) in [6.07, 6.45) is 1.04. The van der Waals surface area contributed by atoms with E-state index in [0.29, 0.717) is 24.6 Å². The van der Waals surface area contributed by atoms with E-state index in [0.717, 1.165) is 17.9 Å². The summed E-state index contributed by atoms with van der Waals surface area (Å²) in [6, 6.07) is 3.89. The highest BCUT2D eigenvalue weighted by Gasteiger charge is 2.20. The molecule has 0 amide bonds. The van der Waals surface area contributed by atoms with Crippen LogP contribution in [-0.2, 0) is 16.6 Å². The second-order valence-electron chi connectivity index (χ2n) is 4.87. The van der Waals surface area contributed by atoms with Crippen LogP contribution in [0.15, 0.2) is 23.1 Å². The van der Waals surface area contributed by atoms with Gasteiger partial charge in [-0.15, -0.1) is 0 Å². The van der Waals surface area contributed by atoms with Crippen LogP contribution in [0.1, 0.15) is 12.0 Å². The molecule has 0 saturated carbocycles. The third kappa shape index (κ3) is 3.94. The molecule has 2 rings (SSSR count). The van der Waals surface area contributed by atoms with Gasteiger partial charge in [0.2, 0.25) is 10.0 Å². The van der Waals surface area contributed by atoms with Crippen molar-refractivity contribution in [3.63, 3.8) is 0 Å². The zero-order chi connectivity index (χ0) is 14.6. The largest absolute Gasteiger partial charge is 0.316 e. The van der Waals surface area contributed by atoms with Crippen molar-refractivity contribution >= 4 is 21.8 Å². The standard InChI is InChI=1S/C13H19FN2O2S2/c1-15-8-11-6-12(2-3-13(11)14)20(17,18)16-7-10-4-5-19-9-10/h2-3,6,10,15-16H,4-5,7-9H2,1H3. The van der Waals surface area contributed by atoms with E-state index in [2.05, 4.69) is 10.0 Å². The molecular formula is C13H19FN2O2S2. The normalized spacial score (nSPS) is 19.4. The van der Waals surface area contributed by atoms with Gasteiger partial charge >= 0.3 is 0 Å². The van der Waals surface area contributed by atoms with Crippen LogP contribution in [0.25, 0.3) is 0 Å². The summed E-state index contributed by atoms with van der Waals surface area (Å²) in [5, 5.41) is 2.82. The number of sulfonamides is 1. The van der Waals surface area contributed by atoms with Gasteiger partial charge in [0.05, 0.1) is 4.90 Å². The zero-order valence-corrected chi connectivity index (χ0v) is 13.0. The first-order chi connectivity index (χ1) is 9.53. The lowest BCUT2D eigenvalue weighted by Gasteiger charge is -2.12. The number of halogens is 1. The van der Waals surface area contributed by atoms with Gasteiger partial charge < -0.3 is 5.32 Å². The van der Waals surface area contributed by atoms with Gasteiger partial charge in [-0.05, 0) is 49.1 Å². The van der Waals surface area contributed by atoms with E-state index in [4.69, 9.17) is 0 Å². The fraction of sp³-hybridized carbons (Fsp3) is 0.538. The van der Waals surface area contributed by atoms with E-state index in [1.807, 2.05) is 11.8 Å². The SMILES string of the molecule is CNCc1cc(S(=O)(=O)NCC2CCSC2)ccc1F. The molecule has 7 heteroatoms. The molecule has 2 N–H and O–H groups in total. The molecule has 1 aromatic rings. The molecule has 20 heavy (non-hydrogen) atoms. The van der Waals surface area contributed by atoms with Crippen molar-refractivity contribution in [1.29, 1.82) is 0 Å². The molecule has 1 saturated heterocycles. The second kappa shape index (κ2) is 6.89. The average Bonchev–Trinajstić information content (AvgIpc) is 2.92. The Bertz CT molecular complexity index is 557. The van der Waals surface area contributed by atoms with Crippen LogP contribution in [0.5, 0.6) is 0 Å². The number of benzene rings is 1. The lowest BCUT2D eigenvalue weighted by Crippen LogP contribution is -2.29. The van der Waals surface area contributed by atoms with Crippen molar-refractivity contribution in [1.82, 2.24) is 10.0 Å². The van der Waals surface area contributed by atoms with Crippen LogP contribution in [0.3, 0.4) is 0 Å². The van der Waals surface area contributed by atoms with Crippen LogP contribution in [0.4, 0.5) is 4.39 Å². The van der Waals surface area contributed by atoms with Gasteiger partial charge in [-0.1, -0.05) is 0 Å². The van der Waals surface area contributed by atoms with E-state index in [9.17, 15) is 12.8 Å². The lowest BCUT2D eigenvalue weighted by molar-refractivity contribution is 0.545. The molecule has 1 unspecified atom stereocenters. The minimum Gasteiger partial charge on any atom is -0.316 e. The Balaban J connectivity index is 2.09. The number of rotatable bonds is 6. The van der Waals surface area contributed by atoms with Crippen LogP contribution in [0, 0.1) is 11.7 Å². The number of thioether (sulfide) groups is 1. The number of nitrogens with one attached hydrogen (secondary N) is 2. The molecule has 1 heterocycles. The zero-order valence-electron chi connectivity index (χ0n) is 11.4. The van der Waals surface area contributed by atoms with Crippen LogP contribution in [0.2, 0.25) is 0 Å². The molecule has 0 radical (unpaired) electrons. The van der Waals surface area contributed by atoms with Crippen molar-refractivity contribution in [2.45, 2.75) is 17.9 Å². The maximum absolute atomic E-state index is 13.5. The monoisotopic (exact) mass is 318 g/mol. The first-order valence-electron chi connectivity index (χ1n) is 6.53. The minimum absolute atomic E-state index is 0.120. The third-order valence-electron chi connectivity index (χ3n) is 3.28. The van der Waals surface area contributed by atoms with Crippen molar-refractivity contribution < 1.29 is 12.8 Å². The molecular weight excluding hydrogens is 299 g/mol. The summed E-state index contributed by atoms with van der Waals surface area (Å²) in [5.74, 6) is 2.09. The van der Waals surface area contributed by atoms with Gasteiger partial charge in [-0.25, -0.2) is 17.5 Å². The Morgan fingerprint density at radius 3 is 2.90 bits per heavy atom. The van der Waals surface area contributed by atoms with Gasteiger partial charge in [-0.2, -0.15) is 11.8 Å². The third-order valence-corrected chi connectivity index (χ3v) is 5.93. The summed E-state index contributed by atoms with van der Waals surface area (Å²) >= 11 is 1.85. The summed E-state index contributed by atoms with van der Waals surface area (Å²) in [6.45, 7) is 0.753. The van der Waals surface area contributed by atoms with Gasteiger partial charge in [0, 0.05) is 18.7 Å². The van der Waals surface area contributed by atoms with Gasteiger partial charge in [0.25, 0.3) is 0 Å². The molecule has 0 aliphatic carbocycles. The van der Waals surface area contributed by atoms with E-state index in [1.54, 1.807) is 7.05 Å². The molecule has 1 fully saturated rings. The Morgan fingerprint density at radius 2 is 2.25 bits per heavy atom. The molecule has 1 aliphatic heterocycles. The maximum atomic E-state index is 13.5. The highest BCUT2D eigenvalue weighted by Crippen LogP contribution is 2.23. The molecule has 112 valence electrons. The van der Waals surface area contributed by atoms with Crippen LogP contribution in [-0.4, -0.2) is 33.5 Å². The van der Waals surface area contributed by atoms with Crippen molar-refractivity contribution in [2.24, 2.45) is 5.92 Å². The summed E-state index contributed by atoms with van der Waals surface area (Å²) < 4.78 is 40.5. The summed E-state index contributed by atoms with van der Waals surface area (Å²) in [7, 11) is -1.87. The summed E-state index contributed by atoms with van der Waals surface area (Å²) in [5.41, 5.74) is 0.354. The van der Waals surface area contributed by atoms with Gasteiger partial charge in [0.1, 0.15) is 5.82 Å². The molecule has 0 aromatic heterocycles. The predicted molar refractivity (Wildman–Crippen MR) is 79.8 cm³/mol. The molecule has 0 bridgehead atoms. The molecule has 1 aromatic carbocycles. The van der Waals surface area contributed by atoms with Gasteiger partial charge in [0.15, 0.2) is 0 Å². The van der Waals surface area contributed by atoms with E-state index < -0.39 is 15.8 Å². The van der Waals surface area contributed by atoms with E-state index >= 15 is 0 Å². The van der Waals surface area contributed by atoms with Crippen molar-refractivity contribution in [3.8, 4) is 0 Å². The Kier molecular flexibility index (Phi) is 5.42. The topological polar surface area (TPSA) is 58.2 Å². The Labute approximate surface area is 123 Å². The van der Waals surface area contributed by atoms with Crippen molar-refractivity contribution in [3.05, 3.63) is 29.6 Å². The summed E-state index contributed by atoms with van der Waals surface area (Å²) in [4.78, 5) is 0.120. The molecule has 1 atom stereocenters. The lowest BCUT2D eigenvalue weighted by atomic mass is 10.1. The van der Waals surface area contributed by atoms with E-state index in [-0.39, 0.29) is 4.90 Å². The Hall–Kier alpha value is -0.630. The highest BCUT2D eigenvalue weighted by atomic mass is 32.2. The fourth-order valence-corrected chi connectivity index (χ4v) is 4.55. The Morgan fingerprint density at radius 1 is 1.45 bits per heavy atom. The average molecular weight is 318 g/mol. The number of hydrogen-bond acceptors (Lipinski definition) is 4. The number of hydrogen-bond donors (Lipinski definition) is 2. The molecule has 1 aliphatic rings.